The molecule has 0 N–H and O–H groups in total. The number of benzene rings is 1. The zero-order valence-electron chi connectivity index (χ0n) is 13.3. The molecule has 2 aromatic rings. The molecule has 0 amide bonds. The van der Waals surface area contributed by atoms with Crippen LogP contribution < -0.4 is 4.31 Å². The molecule has 2 rings (SSSR count). The van der Waals surface area contributed by atoms with Crippen LogP contribution in [0.5, 0.6) is 0 Å². The van der Waals surface area contributed by atoms with Gasteiger partial charge in [-0.25, -0.2) is 8.42 Å². The van der Waals surface area contributed by atoms with E-state index < -0.39 is 25.7 Å². The minimum atomic E-state index is -4.08. The normalized spacial score (nSPS) is 11.5. The van der Waals surface area contributed by atoms with Crippen molar-refractivity contribution in [2.24, 2.45) is 0 Å². The first-order valence-corrected chi connectivity index (χ1v) is 8.40. The van der Waals surface area contributed by atoms with Gasteiger partial charge in [0.05, 0.1) is 23.5 Å². The molecule has 0 saturated heterocycles. The van der Waals surface area contributed by atoms with Crippen molar-refractivity contribution in [1.29, 1.82) is 0 Å². The minimum Gasteiger partial charge on any atom is -0.358 e. The van der Waals surface area contributed by atoms with E-state index in [0.29, 0.717) is 12.2 Å². The first kappa shape index (κ1) is 16.9. The first-order valence-electron chi connectivity index (χ1n) is 6.96. The summed E-state index contributed by atoms with van der Waals surface area (Å²) in [5.74, 6) is -0.664. The topological polar surface area (TPSA) is 98.3 Å². The van der Waals surface area contributed by atoms with Crippen LogP contribution in [0.2, 0.25) is 0 Å². The largest absolute Gasteiger partial charge is 0.410 e. The van der Waals surface area contributed by atoms with Crippen LogP contribution in [-0.4, -0.2) is 30.2 Å². The van der Waals surface area contributed by atoms with Crippen LogP contribution in [0, 0.1) is 24.0 Å². The third-order valence-corrected chi connectivity index (χ3v) is 5.19. The van der Waals surface area contributed by atoms with Gasteiger partial charge in [-0.3, -0.25) is 4.31 Å². The number of anilines is 1. The van der Waals surface area contributed by atoms with E-state index >= 15 is 0 Å². The highest BCUT2D eigenvalue weighted by atomic mass is 32.2. The van der Waals surface area contributed by atoms with Gasteiger partial charge < -0.3 is 10.1 Å². The zero-order valence-corrected chi connectivity index (χ0v) is 14.2. The maximum absolute atomic E-state index is 12.8. The molecule has 0 atom stereocenters. The average molecular weight is 338 g/mol. The molecule has 1 heterocycles. The van der Waals surface area contributed by atoms with Gasteiger partial charge in [0.25, 0.3) is 10.0 Å². The highest BCUT2D eigenvalue weighted by Gasteiger charge is 2.34. The van der Waals surface area contributed by atoms with Gasteiger partial charge in [-0.15, -0.1) is 0 Å². The van der Waals surface area contributed by atoms with E-state index in [-0.39, 0.29) is 0 Å². The maximum Gasteiger partial charge on any atom is 0.410 e. The van der Waals surface area contributed by atoms with Gasteiger partial charge in [0, 0.05) is 7.05 Å². The van der Waals surface area contributed by atoms with Gasteiger partial charge >= 0.3 is 5.82 Å². The Kier molecular flexibility index (Phi) is 4.42. The number of aromatic nitrogens is 2. The number of nitro groups is 1. The van der Waals surface area contributed by atoms with Crippen LogP contribution in [0.1, 0.15) is 18.1 Å². The van der Waals surface area contributed by atoms with E-state index in [0.717, 1.165) is 15.4 Å². The number of rotatable bonds is 5. The third-order valence-electron chi connectivity index (χ3n) is 3.42. The second-order valence-electron chi connectivity index (χ2n) is 5.25. The molecule has 1 aromatic carbocycles. The van der Waals surface area contributed by atoms with Gasteiger partial charge in [0.1, 0.15) is 0 Å². The Hall–Kier alpha value is -2.42. The number of nitrogens with zero attached hydrogens (tertiary/aromatic N) is 4. The molecule has 0 radical (unpaired) electrons. The molecule has 0 aliphatic carbocycles. The fourth-order valence-electron chi connectivity index (χ4n) is 2.28. The van der Waals surface area contributed by atoms with E-state index in [2.05, 4.69) is 5.10 Å². The fourth-order valence-corrected chi connectivity index (χ4v) is 3.56. The monoisotopic (exact) mass is 338 g/mol. The first-order chi connectivity index (χ1) is 10.7. The van der Waals surface area contributed by atoms with Crippen molar-refractivity contribution in [2.75, 3.05) is 11.4 Å². The highest BCUT2D eigenvalue weighted by molar-refractivity contribution is 7.93. The van der Waals surface area contributed by atoms with Gasteiger partial charge in [0.2, 0.25) is 4.90 Å². The summed E-state index contributed by atoms with van der Waals surface area (Å²) in [6.07, 6.45) is 1.19. The number of hydrogen-bond acceptors (Lipinski definition) is 5. The molecule has 0 aliphatic rings. The summed E-state index contributed by atoms with van der Waals surface area (Å²) in [4.78, 5) is 9.92. The molecule has 0 saturated carbocycles. The fraction of sp³-hybridized carbons (Fsp3) is 0.357. The van der Waals surface area contributed by atoms with Crippen molar-refractivity contribution in [3.8, 4) is 0 Å². The molecule has 0 bridgehead atoms. The summed E-state index contributed by atoms with van der Waals surface area (Å²) in [5, 5.41) is 14.8. The Morgan fingerprint density at radius 2 is 1.83 bits per heavy atom. The summed E-state index contributed by atoms with van der Waals surface area (Å²) in [5.41, 5.74) is 2.25. The summed E-state index contributed by atoms with van der Waals surface area (Å²) in [6, 6.07) is 5.34. The Balaban J connectivity index is 2.57. The van der Waals surface area contributed by atoms with Crippen LogP contribution in [0.4, 0.5) is 11.5 Å². The number of hydrogen-bond donors (Lipinski definition) is 0. The van der Waals surface area contributed by atoms with Crippen LogP contribution >= 0.6 is 0 Å². The third kappa shape index (κ3) is 3.19. The summed E-state index contributed by atoms with van der Waals surface area (Å²) in [6.45, 7) is 5.77. The number of sulfonamides is 1. The summed E-state index contributed by atoms with van der Waals surface area (Å²) in [7, 11) is -2.71. The molecule has 0 aliphatic heterocycles. The van der Waals surface area contributed by atoms with E-state index in [1.165, 1.54) is 17.9 Å². The lowest BCUT2D eigenvalue weighted by Crippen LogP contribution is -2.27. The average Bonchev–Trinajstić information content (AvgIpc) is 2.90. The van der Waals surface area contributed by atoms with Gasteiger partial charge in [0.15, 0.2) is 0 Å². The summed E-state index contributed by atoms with van der Waals surface area (Å²) < 4.78 is 27.8. The Labute approximate surface area is 134 Å². The van der Waals surface area contributed by atoms with Crippen molar-refractivity contribution < 1.29 is 13.3 Å². The molecular weight excluding hydrogens is 320 g/mol. The SMILES string of the molecule is CCn1cc(S(=O)(=O)N(C)c2cc(C)cc(C)c2)c([N+](=O)[O-])n1. The van der Waals surface area contributed by atoms with E-state index in [4.69, 9.17) is 0 Å². The van der Waals surface area contributed by atoms with E-state index in [1.807, 2.05) is 19.9 Å². The lowest BCUT2D eigenvalue weighted by atomic mass is 10.1. The quantitative estimate of drug-likeness (QED) is 0.615. The van der Waals surface area contributed by atoms with Crippen molar-refractivity contribution in [3.63, 3.8) is 0 Å². The standard InChI is InChI=1S/C14H18N4O4S/c1-5-17-9-13(14(15-17)18(19)20)23(21,22)16(4)12-7-10(2)6-11(3)8-12/h6-9H,5H2,1-4H3. The van der Waals surface area contributed by atoms with E-state index in [1.54, 1.807) is 19.1 Å². The maximum atomic E-state index is 12.8. The lowest BCUT2D eigenvalue weighted by molar-refractivity contribution is -0.392. The van der Waals surface area contributed by atoms with Crippen molar-refractivity contribution in [1.82, 2.24) is 9.78 Å². The second-order valence-corrected chi connectivity index (χ2v) is 7.19. The molecule has 0 unspecified atom stereocenters. The van der Waals surface area contributed by atoms with Crippen LogP contribution in [0.15, 0.2) is 29.3 Å². The van der Waals surface area contributed by atoms with Crippen molar-refractivity contribution >= 4 is 21.5 Å². The Morgan fingerprint density at radius 1 is 1.26 bits per heavy atom. The second kappa shape index (κ2) is 5.99. The van der Waals surface area contributed by atoms with E-state index in [9.17, 15) is 18.5 Å². The molecule has 8 nitrogen and oxygen atoms in total. The van der Waals surface area contributed by atoms with Crippen LogP contribution in [0.25, 0.3) is 0 Å². The molecule has 0 fully saturated rings. The van der Waals surface area contributed by atoms with Crippen molar-refractivity contribution in [3.05, 3.63) is 45.6 Å². The molecule has 0 spiro atoms. The molecule has 124 valence electrons. The predicted molar refractivity (Wildman–Crippen MR) is 86.1 cm³/mol. The number of aryl methyl sites for hydroxylation is 3. The van der Waals surface area contributed by atoms with Gasteiger partial charge in [-0.2, -0.15) is 4.68 Å². The van der Waals surface area contributed by atoms with Gasteiger partial charge in [-0.05, 0) is 49.0 Å². The van der Waals surface area contributed by atoms with Crippen LogP contribution in [0.3, 0.4) is 0 Å². The molecule has 23 heavy (non-hydrogen) atoms. The lowest BCUT2D eigenvalue weighted by Gasteiger charge is -2.19. The van der Waals surface area contributed by atoms with Crippen LogP contribution in [-0.2, 0) is 16.6 Å². The van der Waals surface area contributed by atoms with Crippen molar-refractivity contribution in [2.45, 2.75) is 32.2 Å². The molecule has 9 heteroatoms. The Morgan fingerprint density at radius 3 is 2.30 bits per heavy atom. The smallest absolute Gasteiger partial charge is 0.358 e. The van der Waals surface area contributed by atoms with Gasteiger partial charge in [-0.1, -0.05) is 6.07 Å². The Bertz CT molecular complexity index is 837. The minimum absolute atomic E-state index is 0.337. The molecule has 1 aromatic heterocycles. The highest BCUT2D eigenvalue weighted by Crippen LogP contribution is 2.29. The predicted octanol–water partition coefficient (Wildman–Crippen LogP) is 2.25. The molecular formula is C14H18N4O4S. The zero-order chi connectivity index (χ0) is 17.4. The summed E-state index contributed by atoms with van der Waals surface area (Å²) >= 11 is 0.